The van der Waals surface area contributed by atoms with Crippen molar-refractivity contribution in [3.05, 3.63) is 46.5 Å². The molecule has 1 aliphatic carbocycles. The topological polar surface area (TPSA) is 89.9 Å². The maximum atomic E-state index is 14.5. The van der Waals surface area contributed by atoms with Crippen LogP contribution in [0.5, 0.6) is 0 Å². The normalized spacial score (nSPS) is 33.0. The first kappa shape index (κ1) is 18.9. The number of carboxylic acid groups (broad SMARTS) is 1. The Hall–Kier alpha value is -2.41. The summed E-state index contributed by atoms with van der Waals surface area (Å²) in [4.78, 5) is 25.5. The fourth-order valence-electron chi connectivity index (χ4n) is 4.79. The molecule has 4 atom stereocenters. The smallest absolute Gasteiger partial charge is 0.336 e. The Morgan fingerprint density at radius 2 is 2.21 bits per heavy atom. The Balaban J connectivity index is 1.72. The van der Waals surface area contributed by atoms with Crippen molar-refractivity contribution >= 4 is 11.9 Å². The van der Waals surface area contributed by atoms with Crippen LogP contribution in [0, 0.1) is 11.8 Å². The van der Waals surface area contributed by atoms with Gasteiger partial charge in [0.2, 0.25) is 5.91 Å². The van der Waals surface area contributed by atoms with Crippen LogP contribution in [0.2, 0.25) is 0 Å². The van der Waals surface area contributed by atoms with E-state index in [0.29, 0.717) is 13.1 Å². The van der Waals surface area contributed by atoms with Crippen LogP contribution in [0.15, 0.2) is 46.5 Å². The minimum Gasteiger partial charge on any atom is -0.479 e. The minimum atomic E-state index is -1.69. The molecule has 1 amide bonds. The van der Waals surface area contributed by atoms with Crippen LogP contribution in [0.3, 0.4) is 0 Å². The molecule has 0 aromatic heterocycles. The maximum Gasteiger partial charge on any atom is 0.336 e. The van der Waals surface area contributed by atoms with Gasteiger partial charge in [-0.3, -0.25) is 4.79 Å². The minimum absolute atomic E-state index is 0.129. The second-order valence-electron chi connectivity index (χ2n) is 8.04. The molecule has 4 aliphatic rings. The number of fused-ring (bicyclic) bond motifs is 4. The first-order valence-corrected chi connectivity index (χ1v) is 9.82. The Labute approximate surface area is 163 Å². The van der Waals surface area contributed by atoms with Crippen LogP contribution < -0.4 is 5.32 Å². The summed E-state index contributed by atoms with van der Waals surface area (Å²) in [5.74, 6) is -1.81. The van der Waals surface area contributed by atoms with E-state index in [4.69, 9.17) is 5.11 Å². The van der Waals surface area contributed by atoms with E-state index in [1.807, 2.05) is 6.92 Å². The zero-order valence-electron chi connectivity index (χ0n) is 15.8. The monoisotopic (exact) mass is 388 g/mol. The van der Waals surface area contributed by atoms with Crippen molar-refractivity contribution in [2.75, 3.05) is 13.1 Å². The average Bonchev–Trinajstić information content (AvgIpc) is 3.05. The van der Waals surface area contributed by atoms with Crippen molar-refractivity contribution in [1.82, 2.24) is 10.2 Å². The number of carbonyl (C=O) groups excluding carboxylic acids is 1. The van der Waals surface area contributed by atoms with Gasteiger partial charge in [-0.1, -0.05) is 13.0 Å². The number of carbonyl (C=O) groups is 2. The summed E-state index contributed by atoms with van der Waals surface area (Å²) in [6, 6.07) is -0.355. The van der Waals surface area contributed by atoms with Crippen LogP contribution in [0.4, 0.5) is 4.39 Å². The fraction of sp³-hybridized carbons (Fsp3) is 0.524. The largest absolute Gasteiger partial charge is 0.479 e. The number of aliphatic hydroxyl groups excluding tert-OH is 1. The van der Waals surface area contributed by atoms with Gasteiger partial charge >= 0.3 is 5.97 Å². The van der Waals surface area contributed by atoms with Crippen molar-refractivity contribution in [1.29, 1.82) is 0 Å². The Bertz CT molecular complexity index is 841. The number of hydrogen-bond acceptors (Lipinski definition) is 4. The molecular formula is C21H25FN2O4. The Morgan fingerprint density at radius 1 is 1.43 bits per heavy atom. The van der Waals surface area contributed by atoms with Crippen molar-refractivity contribution in [3.8, 4) is 0 Å². The van der Waals surface area contributed by atoms with Gasteiger partial charge in [0.1, 0.15) is 5.83 Å². The van der Waals surface area contributed by atoms with Gasteiger partial charge in [-0.2, -0.15) is 0 Å². The lowest BCUT2D eigenvalue weighted by Crippen LogP contribution is -2.44. The van der Waals surface area contributed by atoms with Crippen molar-refractivity contribution < 1.29 is 24.2 Å². The van der Waals surface area contributed by atoms with E-state index in [9.17, 15) is 19.1 Å². The maximum absolute atomic E-state index is 14.5. The SMILES string of the molecule is CC1/C(F)=C\CNC2=C(CN3C(=O)C=C(C(O)C(=O)O)CC23)C2=CC1CCC2. The number of nitrogens with one attached hydrogen (secondary N) is 1. The molecule has 4 rings (SSSR count). The molecule has 6 nitrogen and oxygen atoms in total. The highest BCUT2D eigenvalue weighted by molar-refractivity contribution is 5.93. The summed E-state index contributed by atoms with van der Waals surface area (Å²) in [5, 5.41) is 22.3. The first-order valence-electron chi connectivity index (χ1n) is 9.82. The summed E-state index contributed by atoms with van der Waals surface area (Å²) >= 11 is 0. The number of nitrogens with zero attached hydrogens (tertiary/aromatic N) is 1. The molecule has 0 saturated heterocycles. The lowest BCUT2D eigenvalue weighted by molar-refractivity contribution is -0.144. The zero-order chi connectivity index (χ0) is 20.0. The molecular weight excluding hydrogens is 363 g/mol. The van der Waals surface area contributed by atoms with Crippen molar-refractivity contribution in [3.63, 3.8) is 0 Å². The molecule has 3 aliphatic heterocycles. The van der Waals surface area contributed by atoms with Gasteiger partial charge in [-0.15, -0.1) is 0 Å². The van der Waals surface area contributed by atoms with Crippen LogP contribution in [-0.4, -0.2) is 52.2 Å². The third-order valence-corrected chi connectivity index (χ3v) is 6.42. The van der Waals surface area contributed by atoms with E-state index in [1.165, 1.54) is 6.08 Å². The van der Waals surface area contributed by atoms with Gasteiger partial charge in [-0.25, -0.2) is 9.18 Å². The lowest BCUT2D eigenvalue weighted by Gasteiger charge is -2.32. The molecule has 0 aromatic rings. The summed E-state index contributed by atoms with van der Waals surface area (Å²) in [6.45, 7) is 2.68. The Kier molecular flexibility index (Phi) is 4.87. The molecule has 28 heavy (non-hydrogen) atoms. The van der Waals surface area contributed by atoms with Crippen LogP contribution in [0.25, 0.3) is 0 Å². The third-order valence-electron chi connectivity index (χ3n) is 6.42. The third kappa shape index (κ3) is 3.17. The second-order valence-corrected chi connectivity index (χ2v) is 8.04. The predicted molar refractivity (Wildman–Crippen MR) is 101 cm³/mol. The van der Waals surface area contributed by atoms with E-state index >= 15 is 0 Å². The summed E-state index contributed by atoms with van der Waals surface area (Å²) < 4.78 is 14.5. The van der Waals surface area contributed by atoms with Crippen LogP contribution >= 0.6 is 0 Å². The van der Waals surface area contributed by atoms with Crippen LogP contribution in [0.1, 0.15) is 32.6 Å². The standard InChI is InChI=1S/C21H25FN2O4/c1-11-12-3-2-4-13(7-12)15-10-24-17(19(15)23-6-5-16(11)22)8-14(9-18(24)25)20(26)21(27)28/h5,7,9,11-12,17,20,23,26H,2-4,6,8,10H2,1H3,(H,27,28)/b16-5+. The number of carboxylic acids is 1. The highest BCUT2D eigenvalue weighted by Crippen LogP contribution is 2.41. The number of halogens is 1. The highest BCUT2D eigenvalue weighted by Gasteiger charge is 2.42. The molecule has 0 saturated carbocycles. The molecule has 150 valence electrons. The molecule has 7 heteroatoms. The molecule has 4 unspecified atom stereocenters. The Morgan fingerprint density at radius 3 is 2.96 bits per heavy atom. The van der Waals surface area contributed by atoms with E-state index in [-0.39, 0.29) is 41.6 Å². The number of rotatable bonds is 2. The van der Waals surface area contributed by atoms with Crippen molar-refractivity contribution in [2.24, 2.45) is 11.8 Å². The van der Waals surface area contributed by atoms with E-state index in [2.05, 4.69) is 11.4 Å². The lowest BCUT2D eigenvalue weighted by atomic mass is 9.79. The summed E-state index contributed by atoms with van der Waals surface area (Å²) in [5.41, 5.74) is 3.27. The number of amides is 1. The number of allylic oxidation sites excluding steroid dienone is 2. The number of aliphatic hydroxyl groups is 1. The van der Waals surface area contributed by atoms with E-state index in [0.717, 1.165) is 36.1 Å². The predicted octanol–water partition coefficient (Wildman–Crippen LogP) is 2.05. The van der Waals surface area contributed by atoms with E-state index in [1.54, 1.807) is 11.0 Å². The summed E-state index contributed by atoms with van der Waals surface area (Å²) in [7, 11) is 0. The highest BCUT2D eigenvalue weighted by atomic mass is 19.1. The van der Waals surface area contributed by atoms with Crippen molar-refractivity contribution in [2.45, 2.75) is 44.8 Å². The molecule has 0 aromatic carbocycles. The van der Waals surface area contributed by atoms with Crippen LogP contribution in [-0.2, 0) is 9.59 Å². The van der Waals surface area contributed by atoms with Gasteiger partial charge in [0.25, 0.3) is 0 Å². The summed E-state index contributed by atoms with van der Waals surface area (Å²) in [6.07, 6.45) is 6.34. The number of aliphatic carboxylic acids is 1. The quantitative estimate of drug-likeness (QED) is 0.674. The number of hydrogen-bond donors (Lipinski definition) is 3. The molecule has 0 fully saturated rings. The fourth-order valence-corrected chi connectivity index (χ4v) is 4.79. The second kappa shape index (κ2) is 7.20. The molecule has 0 spiro atoms. The van der Waals surface area contributed by atoms with Gasteiger partial charge in [-0.05, 0) is 54.4 Å². The van der Waals surface area contributed by atoms with Gasteiger partial charge in [0.05, 0.1) is 6.04 Å². The van der Waals surface area contributed by atoms with Gasteiger partial charge < -0.3 is 20.4 Å². The van der Waals surface area contributed by atoms with E-state index < -0.39 is 12.1 Å². The zero-order valence-corrected chi connectivity index (χ0v) is 15.8. The average molecular weight is 388 g/mol. The van der Waals surface area contributed by atoms with Gasteiger partial charge in [0, 0.05) is 30.8 Å². The molecule has 3 N–H and O–H groups in total. The molecule has 2 bridgehead atoms. The van der Waals surface area contributed by atoms with Gasteiger partial charge in [0.15, 0.2) is 6.10 Å². The first-order chi connectivity index (χ1) is 13.4. The molecule has 3 heterocycles. The molecule has 0 radical (unpaired) electrons.